The molecule has 2 aromatic carbocycles. The number of methoxy groups -OCH3 is 1. The first-order valence-electron chi connectivity index (χ1n) is 9.14. The Labute approximate surface area is 183 Å². The molecule has 30 heavy (non-hydrogen) atoms. The topological polar surface area (TPSA) is 72.6 Å². The second-order valence-corrected chi connectivity index (χ2v) is 8.69. The highest BCUT2D eigenvalue weighted by Gasteiger charge is 2.45. The fourth-order valence-electron chi connectivity index (χ4n) is 3.72. The van der Waals surface area contributed by atoms with Crippen LogP contribution in [0.4, 0.5) is 5.13 Å². The van der Waals surface area contributed by atoms with Crippen molar-refractivity contribution in [2.24, 2.45) is 0 Å². The van der Waals surface area contributed by atoms with Crippen LogP contribution in [0.25, 0.3) is 11.0 Å². The average molecular weight is 483 g/mol. The van der Waals surface area contributed by atoms with E-state index in [1.54, 1.807) is 25.3 Å². The summed E-state index contributed by atoms with van der Waals surface area (Å²) in [6, 6.07) is 11.9. The summed E-state index contributed by atoms with van der Waals surface area (Å²) in [6.07, 6.45) is 0. The molecule has 0 fully saturated rings. The van der Waals surface area contributed by atoms with Crippen LogP contribution in [0.5, 0.6) is 5.75 Å². The molecule has 1 unspecified atom stereocenters. The van der Waals surface area contributed by atoms with Gasteiger partial charge in [-0.1, -0.05) is 28.1 Å². The minimum atomic E-state index is -0.659. The second-order valence-electron chi connectivity index (χ2n) is 6.94. The molecule has 0 saturated carbocycles. The number of hydrogen-bond donors (Lipinski definition) is 0. The van der Waals surface area contributed by atoms with E-state index in [0.717, 1.165) is 15.7 Å². The van der Waals surface area contributed by atoms with Crippen molar-refractivity contribution in [2.75, 3.05) is 12.0 Å². The lowest BCUT2D eigenvalue weighted by atomic mass is 9.98. The molecule has 0 N–H and O–H groups in total. The van der Waals surface area contributed by atoms with Gasteiger partial charge in [-0.05, 0) is 42.8 Å². The predicted molar refractivity (Wildman–Crippen MR) is 119 cm³/mol. The van der Waals surface area contributed by atoms with Gasteiger partial charge in [-0.15, -0.1) is 11.3 Å². The number of thiazole rings is 1. The first kappa shape index (κ1) is 19.0. The molecule has 150 valence electrons. The van der Waals surface area contributed by atoms with Crippen molar-refractivity contribution in [1.82, 2.24) is 4.98 Å². The van der Waals surface area contributed by atoms with E-state index >= 15 is 0 Å². The third kappa shape index (κ3) is 2.86. The van der Waals surface area contributed by atoms with Crippen molar-refractivity contribution in [3.63, 3.8) is 0 Å². The Morgan fingerprint density at radius 1 is 1.20 bits per heavy atom. The van der Waals surface area contributed by atoms with Gasteiger partial charge in [0.2, 0.25) is 5.76 Å². The van der Waals surface area contributed by atoms with Crippen LogP contribution in [0.3, 0.4) is 0 Å². The number of hydrogen-bond acceptors (Lipinski definition) is 6. The number of amides is 1. The SMILES string of the molecule is COc1cccc(C2c3c(oc4ccc(Br)cc4c3=O)C(=O)N2c2nc(C)cs2)c1. The van der Waals surface area contributed by atoms with E-state index in [9.17, 15) is 9.59 Å². The smallest absolute Gasteiger partial charge is 0.297 e. The van der Waals surface area contributed by atoms with Crippen LogP contribution in [0.1, 0.15) is 33.4 Å². The average Bonchev–Trinajstić information content (AvgIpc) is 3.30. The van der Waals surface area contributed by atoms with Gasteiger partial charge in [0, 0.05) is 9.85 Å². The van der Waals surface area contributed by atoms with E-state index in [1.165, 1.54) is 16.2 Å². The Bertz CT molecular complexity index is 1380. The van der Waals surface area contributed by atoms with Crippen molar-refractivity contribution >= 4 is 49.3 Å². The summed E-state index contributed by atoms with van der Waals surface area (Å²) < 4.78 is 12.1. The summed E-state index contributed by atoms with van der Waals surface area (Å²) in [7, 11) is 1.58. The van der Waals surface area contributed by atoms with Crippen molar-refractivity contribution in [3.05, 3.63) is 85.1 Å². The molecule has 1 amide bonds. The molecule has 0 spiro atoms. The molecule has 0 bridgehead atoms. The third-order valence-corrected chi connectivity index (χ3v) is 6.51. The zero-order valence-corrected chi connectivity index (χ0v) is 18.4. The molecule has 4 aromatic rings. The Morgan fingerprint density at radius 3 is 2.77 bits per heavy atom. The Kier molecular flexibility index (Phi) is 4.48. The summed E-state index contributed by atoms with van der Waals surface area (Å²) in [5.41, 5.74) is 2.00. The lowest BCUT2D eigenvalue weighted by Crippen LogP contribution is -2.29. The van der Waals surface area contributed by atoms with Gasteiger partial charge in [-0.2, -0.15) is 0 Å². The van der Waals surface area contributed by atoms with Crippen molar-refractivity contribution < 1.29 is 13.9 Å². The Morgan fingerprint density at radius 2 is 2.03 bits per heavy atom. The van der Waals surface area contributed by atoms with E-state index in [2.05, 4.69) is 20.9 Å². The summed E-state index contributed by atoms with van der Waals surface area (Å²) in [6.45, 7) is 1.86. The van der Waals surface area contributed by atoms with Crippen molar-refractivity contribution in [1.29, 1.82) is 0 Å². The Hall–Kier alpha value is -2.97. The molecule has 1 aliphatic rings. The van der Waals surface area contributed by atoms with E-state index in [-0.39, 0.29) is 17.1 Å². The molecule has 3 heterocycles. The van der Waals surface area contributed by atoms with Gasteiger partial charge in [-0.25, -0.2) is 4.98 Å². The Balaban J connectivity index is 1.83. The van der Waals surface area contributed by atoms with Crippen LogP contribution < -0.4 is 15.1 Å². The summed E-state index contributed by atoms with van der Waals surface area (Å²) >= 11 is 4.76. The lowest BCUT2D eigenvalue weighted by Gasteiger charge is -2.22. The number of aromatic nitrogens is 1. The quantitative estimate of drug-likeness (QED) is 0.407. The monoisotopic (exact) mass is 482 g/mol. The number of rotatable bonds is 3. The van der Waals surface area contributed by atoms with Crippen LogP contribution in [0, 0.1) is 6.92 Å². The van der Waals surface area contributed by atoms with Crippen molar-refractivity contribution in [2.45, 2.75) is 13.0 Å². The van der Waals surface area contributed by atoms with E-state index in [4.69, 9.17) is 9.15 Å². The van der Waals surface area contributed by atoms with Crippen LogP contribution >= 0.6 is 27.3 Å². The maximum atomic E-state index is 13.5. The zero-order valence-electron chi connectivity index (χ0n) is 16.0. The second kappa shape index (κ2) is 7.07. The van der Waals surface area contributed by atoms with E-state index in [1.807, 2.05) is 36.6 Å². The van der Waals surface area contributed by atoms with Crippen LogP contribution in [0.2, 0.25) is 0 Å². The number of anilines is 1. The molecule has 1 atom stereocenters. The van der Waals surface area contributed by atoms with Gasteiger partial charge in [0.25, 0.3) is 5.91 Å². The van der Waals surface area contributed by atoms with Crippen LogP contribution in [-0.2, 0) is 0 Å². The van der Waals surface area contributed by atoms with Gasteiger partial charge in [0.15, 0.2) is 10.6 Å². The van der Waals surface area contributed by atoms with Crippen LogP contribution in [-0.4, -0.2) is 18.0 Å². The molecule has 5 rings (SSSR count). The van der Waals surface area contributed by atoms with Gasteiger partial charge in [0.05, 0.1) is 29.8 Å². The minimum Gasteiger partial charge on any atom is -0.497 e. The van der Waals surface area contributed by atoms with Gasteiger partial charge >= 0.3 is 0 Å². The lowest BCUT2D eigenvalue weighted by molar-refractivity contribution is 0.0971. The van der Waals surface area contributed by atoms with Crippen molar-refractivity contribution in [3.8, 4) is 5.75 Å². The van der Waals surface area contributed by atoms with Gasteiger partial charge in [-0.3, -0.25) is 14.5 Å². The maximum Gasteiger partial charge on any atom is 0.297 e. The molecule has 0 saturated heterocycles. The number of ether oxygens (including phenoxy) is 1. The first-order chi connectivity index (χ1) is 14.5. The number of fused-ring (bicyclic) bond motifs is 2. The fraction of sp³-hybridized carbons (Fsp3) is 0.136. The highest BCUT2D eigenvalue weighted by molar-refractivity contribution is 9.10. The summed E-state index contributed by atoms with van der Waals surface area (Å²) in [5.74, 6) is 0.307. The molecule has 2 aromatic heterocycles. The van der Waals surface area contributed by atoms with Gasteiger partial charge < -0.3 is 9.15 Å². The number of nitrogens with zero attached hydrogens (tertiary/aromatic N) is 2. The highest BCUT2D eigenvalue weighted by atomic mass is 79.9. The third-order valence-electron chi connectivity index (χ3n) is 5.05. The highest BCUT2D eigenvalue weighted by Crippen LogP contribution is 2.42. The van der Waals surface area contributed by atoms with E-state index in [0.29, 0.717) is 27.4 Å². The fourth-order valence-corrected chi connectivity index (χ4v) is 4.91. The molecular formula is C22H15BrN2O4S. The maximum absolute atomic E-state index is 13.5. The molecule has 6 nitrogen and oxygen atoms in total. The predicted octanol–water partition coefficient (Wildman–Crippen LogP) is 5.08. The first-order valence-corrected chi connectivity index (χ1v) is 10.8. The molecule has 8 heteroatoms. The normalized spacial score (nSPS) is 15.6. The number of carbonyl (C=O) groups is 1. The largest absolute Gasteiger partial charge is 0.497 e. The number of halogens is 1. The number of carbonyl (C=O) groups excluding carboxylic acids is 1. The zero-order chi connectivity index (χ0) is 21.0. The summed E-state index contributed by atoms with van der Waals surface area (Å²) in [5, 5.41) is 2.80. The molecule has 0 aliphatic carbocycles. The van der Waals surface area contributed by atoms with Gasteiger partial charge in [0.1, 0.15) is 11.3 Å². The van der Waals surface area contributed by atoms with E-state index < -0.39 is 6.04 Å². The number of benzene rings is 2. The molecule has 0 radical (unpaired) electrons. The molecule has 1 aliphatic heterocycles. The molecular weight excluding hydrogens is 468 g/mol. The summed E-state index contributed by atoms with van der Waals surface area (Å²) in [4.78, 5) is 33.0. The minimum absolute atomic E-state index is 0.0514. The standard InChI is InChI=1S/C22H15BrN2O4S/c1-11-10-30-22(24-11)25-18(12-4-3-5-14(8-12)28-2)17-19(26)15-9-13(23)6-7-16(15)29-20(17)21(25)27/h3-10,18H,1-2H3. The van der Waals surface area contributed by atoms with Crippen LogP contribution in [0.15, 0.2) is 61.5 Å². The number of aryl methyl sites for hydroxylation is 1.